The molecule has 0 aliphatic heterocycles. The first-order chi connectivity index (χ1) is 9.10. The molecule has 0 amide bonds. The van der Waals surface area contributed by atoms with Crippen molar-refractivity contribution in [3.8, 4) is 11.8 Å². The number of rotatable bonds is 3. The Morgan fingerprint density at radius 1 is 1.42 bits per heavy atom. The fourth-order valence-corrected chi connectivity index (χ4v) is 1.58. The van der Waals surface area contributed by atoms with E-state index >= 15 is 0 Å². The molecule has 1 N–H and O–H groups in total. The second kappa shape index (κ2) is 5.38. The van der Waals surface area contributed by atoms with Crippen LogP contribution in [0.3, 0.4) is 0 Å². The quantitative estimate of drug-likeness (QED) is 0.688. The third-order valence-electron chi connectivity index (χ3n) is 2.36. The molecule has 1 heterocycles. The molecule has 0 spiro atoms. The van der Waals surface area contributed by atoms with Crippen molar-refractivity contribution < 1.29 is 9.90 Å². The van der Waals surface area contributed by atoms with Gasteiger partial charge in [0.1, 0.15) is 11.6 Å². The summed E-state index contributed by atoms with van der Waals surface area (Å²) < 4.78 is 1.57. The lowest BCUT2D eigenvalue weighted by atomic mass is 10.2. The van der Waals surface area contributed by atoms with E-state index in [-0.39, 0.29) is 5.57 Å². The van der Waals surface area contributed by atoms with Gasteiger partial charge in [0.2, 0.25) is 0 Å². The molecule has 0 unspecified atom stereocenters. The number of nitriles is 1. The number of hydrogen-bond donors (Lipinski definition) is 1. The molecule has 1 aromatic carbocycles. The lowest BCUT2D eigenvalue weighted by Crippen LogP contribution is -1.97. The number of halogens is 1. The number of benzene rings is 1. The monoisotopic (exact) mass is 273 g/mol. The van der Waals surface area contributed by atoms with E-state index in [1.807, 2.05) is 0 Å². The summed E-state index contributed by atoms with van der Waals surface area (Å²) in [5, 5.41) is 22.1. The van der Waals surface area contributed by atoms with Crippen molar-refractivity contribution in [1.29, 1.82) is 5.26 Å². The number of carboxylic acids is 1. The summed E-state index contributed by atoms with van der Waals surface area (Å²) in [6.07, 6.45) is 4.38. The molecule has 2 aromatic rings. The van der Waals surface area contributed by atoms with Gasteiger partial charge in [-0.3, -0.25) is 0 Å². The Balaban J connectivity index is 2.32. The first-order valence-electron chi connectivity index (χ1n) is 5.26. The van der Waals surface area contributed by atoms with Gasteiger partial charge in [-0.05, 0) is 30.3 Å². The molecule has 94 valence electrons. The van der Waals surface area contributed by atoms with Gasteiger partial charge in [0, 0.05) is 16.8 Å². The topological polar surface area (TPSA) is 78.9 Å². The van der Waals surface area contributed by atoms with Crippen LogP contribution in [-0.2, 0) is 4.79 Å². The molecule has 0 radical (unpaired) electrons. The maximum absolute atomic E-state index is 10.7. The van der Waals surface area contributed by atoms with Crippen LogP contribution in [0.1, 0.15) is 5.56 Å². The molecule has 0 bridgehead atoms. The Kier molecular flexibility index (Phi) is 3.64. The van der Waals surface area contributed by atoms with Crippen molar-refractivity contribution in [2.75, 3.05) is 0 Å². The summed E-state index contributed by atoms with van der Waals surface area (Å²) in [5.41, 5.74) is 0.988. The largest absolute Gasteiger partial charge is 0.477 e. The average Bonchev–Trinajstić information content (AvgIpc) is 2.85. The van der Waals surface area contributed by atoms with E-state index in [1.54, 1.807) is 41.2 Å². The van der Waals surface area contributed by atoms with Crippen LogP contribution >= 0.6 is 11.6 Å². The van der Waals surface area contributed by atoms with Gasteiger partial charge in [-0.15, -0.1) is 0 Å². The van der Waals surface area contributed by atoms with Crippen LogP contribution in [0.15, 0.2) is 42.2 Å². The Bertz CT molecular complexity index is 681. The number of hydrogen-bond acceptors (Lipinski definition) is 3. The van der Waals surface area contributed by atoms with Gasteiger partial charge >= 0.3 is 5.97 Å². The normalized spacial score (nSPS) is 11.1. The number of aromatic nitrogens is 2. The van der Waals surface area contributed by atoms with Crippen molar-refractivity contribution >= 4 is 23.6 Å². The molecule has 0 aliphatic rings. The number of nitrogens with zero attached hydrogens (tertiary/aromatic N) is 3. The Hall–Kier alpha value is -2.58. The van der Waals surface area contributed by atoms with Gasteiger partial charge in [0.25, 0.3) is 0 Å². The van der Waals surface area contributed by atoms with Crippen molar-refractivity contribution in [2.24, 2.45) is 0 Å². The smallest absolute Gasteiger partial charge is 0.346 e. The van der Waals surface area contributed by atoms with Crippen molar-refractivity contribution in [3.63, 3.8) is 0 Å². The van der Waals surface area contributed by atoms with Crippen LogP contribution in [0, 0.1) is 11.3 Å². The van der Waals surface area contributed by atoms with Gasteiger partial charge in [0.05, 0.1) is 11.9 Å². The van der Waals surface area contributed by atoms with E-state index in [9.17, 15) is 4.79 Å². The number of aliphatic carboxylic acids is 1. The minimum Gasteiger partial charge on any atom is -0.477 e. The second-order valence-electron chi connectivity index (χ2n) is 3.67. The minimum absolute atomic E-state index is 0.337. The van der Waals surface area contributed by atoms with Gasteiger partial charge < -0.3 is 5.11 Å². The summed E-state index contributed by atoms with van der Waals surface area (Å²) in [7, 11) is 0. The SMILES string of the molecule is N#C/C(=C/c1cnn(-c2ccc(Cl)cc2)c1)C(=O)O. The van der Waals surface area contributed by atoms with Gasteiger partial charge in [-0.2, -0.15) is 10.4 Å². The molecule has 2 rings (SSSR count). The van der Waals surface area contributed by atoms with Crippen LogP contribution in [0.4, 0.5) is 0 Å². The molecule has 0 saturated heterocycles. The van der Waals surface area contributed by atoms with Crippen molar-refractivity contribution in [2.45, 2.75) is 0 Å². The first kappa shape index (κ1) is 12.9. The zero-order valence-electron chi connectivity index (χ0n) is 9.62. The van der Waals surface area contributed by atoms with E-state index < -0.39 is 5.97 Å². The lowest BCUT2D eigenvalue weighted by Gasteiger charge is -1.99. The van der Waals surface area contributed by atoms with Crippen LogP contribution in [0.2, 0.25) is 5.02 Å². The second-order valence-corrected chi connectivity index (χ2v) is 4.11. The molecule has 19 heavy (non-hydrogen) atoms. The van der Waals surface area contributed by atoms with Crippen LogP contribution in [0.5, 0.6) is 0 Å². The third-order valence-corrected chi connectivity index (χ3v) is 2.61. The fraction of sp³-hybridized carbons (Fsp3) is 0. The highest BCUT2D eigenvalue weighted by Gasteiger charge is 2.07. The molecule has 0 saturated carbocycles. The van der Waals surface area contributed by atoms with Gasteiger partial charge in [-0.25, -0.2) is 9.48 Å². The summed E-state index contributed by atoms with van der Waals surface area (Å²) in [5.74, 6) is -1.26. The molecule has 0 atom stereocenters. The molecule has 0 aliphatic carbocycles. The third kappa shape index (κ3) is 3.00. The summed E-state index contributed by atoms with van der Waals surface area (Å²) in [6.45, 7) is 0. The summed E-state index contributed by atoms with van der Waals surface area (Å²) in [4.78, 5) is 10.7. The molecule has 6 heteroatoms. The van der Waals surface area contributed by atoms with Crippen LogP contribution < -0.4 is 0 Å². The molecular formula is C13H8ClN3O2. The Morgan fingerprint density at radius 3 is 2.68 bits per heavy atom. The van der Waals surface area contributed by atoms with E-state index in [0.717, 1.165) is 5.69 Å². The number of carboxylic acid groups (broad SMARTS) is 1. The number of carbonyl (C=O) groups is 1. The van der Waals surface area contributed by atoms with Crippen molar-refractivity contribution in [1.82, 2.24) is 9.78 Å². The average molecular weight is 274 g/mol. The maximum Gasteiger partial charge on any atom is 0.346 e. The first-order valence-corrected chi connectivity index (χ1v) is 5.63. The highest BCUT2D eigenvalue weighted by atomic mass is 35.5. The summed E-state index contributed by atoms with van der Waals surface area (Å²) in [6, 6.07) is 8.64. The van der Waals surface area contributed by atoms with Gasteiger partial charge in [-0.1, -0.05) is 11.6 Å². The van der Waals surface area contributed by atoms with E-state index in [0.29, 0.717) is 10.6 Å². The lowest BCUT2D eigenvalue weighted by molar-refractivity contribution is -0.132. The Morgan fingerprint density at radius 2 is 2.11 bits per heavy atom. The fourth-order valence-electron chi connectivity index (χ4n) is 1.45. The van der Waals surface area contributed by atoms with Gasteiger partial charge in [0.15, 0.2) is 0 Å². The Labute approximate surface area is 114 Å². The van der Waals surface area contributed by atoms with E-state index in [2.05, 4.69) is 5.10 Å². The zero-order chi connectivity index (χ0) is 13.8. The molecule has 5 nitrogen and oxygen atoms in total. The van der Waals surface area contributed by atoms with Crippen LogP contribution in [0.25, 0.3) is 11.8 Å². The van der Waals surface area contributed by atoms with Crippen LogP contribution in [-0.4, -0.2) is 20.9 Å². The predicted octanol–water partition coefficient (Wildman–Crippen LogP) is 2.52. The minimum atomic E-state index is -1.26. The highest BCUT2D eigenvalue weighted by molar-refractivity contribution is 6.30. The highest BCUT2D eigenvalue weighted by Crippen LogP contribution is 2.14. The maximum atomic E-state index is 10.7. The van der Waals surface area contributed by atoms with Crippen molar-refractivity contribution in [3.05, 3.63) is 52.8 Å². The standard InChI is InChI=1S/C13H8ClN3O2/c14-11-1-3-12(4-2-11)17-8-9(7-16-17)5-10(6-15)13(18)19/h1-5,7-8H,(H,18,19)/b10-5-. The molecular weight excluding hydrogens is 266 g/mol. The summed E-state index contributed by atoms with van der Waals surface area (Å²) >= 11 is 5.79. The van der Waals surface area contributed by atoms with E-state index in [1.165, 1.54) is 12.3 Å². The molecule has 0 fully saturated rings. The predicted molar refractivity (Wildman–Crippen MR) is 69.8 cm³/mol. The molecule has 1 aromatic heterocycles. The zero-order valence-corrected chi connectivity index (χ0v) is 10.4. The van der Waals surface area contributed by atoms with E-state index in [4.69, 9.17) is 22.0 Å².